The molecule has 0 aromatic carbocycles. The minimum Gasteiger partial charge on any atom is -0.398 e. The topological polar surface area (TPSA) is 54.2 Å². The van der Waals surface area contributed by atoms with Gasteiger partial charge in [0.25, 0.3) is 0 Å². The van der Waals surface area contributed by atoms with Crippen molar-refractivity contribution in [3.63, 3.8) is 0 Å². The molecule has 1 saturated heterocycles. The zero-order valence-corrected chi connectivity index (χ0v) is 12.6. The number of nitrogens with zero attached hydrogens (tertiary/aromatic N) is 2. The molecule has 0 bridgehead atoms. The van der Waals surface area contributed by atoms with Crippen molar-refractivity contribution in [1.82, 2.24) is 9.88 Å². The average molecular weight is 274 g/mol. The van der Waals surface area contributed by atoms with E-state index in [9.17, 15) is 0 Å². The largest absolute Gasteiger partial charge is 0.398 e. The van der Waals surface area contributed by atoms with E-state index in [0.29, 0.717) is 6.04 Å². The summed E-state index contributed by atoms with van der Waals surface area (Å²) in [7, 11) is 2.19. The Morgan fingerprint density at radius 2 is 2.30 bits per heavy atom. The molecule has 20 heavy (non-hydrogen) atoms. The van der Waals surface area contributed by atoms with Gasteiger partial charge < -0.3 is 16.0 Å². The first-order valence-corrected chi connectivity index (χ1v) is 7.56. The molecule has 2 heterocycles. The lowest BCUT2D eigenvalue weighted by Crippen LogP contribution is -2.23. The third-order valence-corrected chi connectivity index (χ3v) is 3.82. The Balaban J connectivity index is 1.95. The highest BCUT2D eigenvalue weighted by atomic mass is 15.1. The number of pyridine rings is 1. The molecule has 4 nitrogen and oxygen atoms in total. The number of hydrogen-bond acceptors (Lipinski definition) is 4. The van der Waals surface area contributed by atoms with Crippen molar-refractivity contribution in [2.24, 2.45) is 5.73 Å². The predicted octanol–water partition coefficient (Wildman–Crippen LogP) is 2.69. The van der Waals surface area contributed by atoms with Crippen LogP contribution in [0, 0.1) is 0 Å². The molecule has 1 atom stereocenters. The first kappa shape index (κ1) is 14.9. The van der Waals surface area contributed by atoms with E-state index in [2.05, 4.69) is 29.2 Å². The fraction of sp³-hybridized carbons (Fsp3) is 0.562. The minimum absolute atomic E-state index is 0.529. The molecule has 3 N–H and O–H groups in total. The Bertz CT molecular complexity index is 438. The molecule has 1 unspecified atom stereocenters. The highest BCUT2D eigenvalue weighted by Gasteiger charge is 2.14. The van der Waals surface area contributed by atoms with Gasteiger partial charge in [-0.05, 0) is 58.0 Å². The molecule has 0 saturated carbocycles. The van der Waals surface area contributed by atoms with Gasteiger partial charge in [-0.25, -0.2) is 4.98 Å². The normalized spacial score (nSPS) is 21.5. The van der Waals surface area contributed by atoms with Gasteiger partial charge in [0.1, 0.15) is 5.82 Å². The fourth-order valence-corrected chi connectivity index (χ4v) is 2.58. The number of likely N-dealkylation sites (tertiary alicyclic amines) is 1. The van der Waals surface area contributed by atoms with Crippen molar-refractivity contribution in [3.8, 4) is 0 Å². The lowest BCUT2D eigenvalue weighted by atomic mass is 10.1. The highest BCUT2D eigenvalue weighted by molar-refractivity contribution is 5.62. The second-order valence-electron chi connectivity index (χ2n) is 5.58. The Labute approximate surface area is 122 Å². The van der Waals surface area contributed by atoms with Gasteiger partial charge in [0.15, 0.2) is 0 Å². The van der Waals surface area contributed by atoms with E-state index in [4.69, 9.17) is 5.73 Å². The van der Waals surface area contributed by atoms with Crippen molar-refractivity contribution >= 4 is 11.5 Å². The quantitative estimate of drug-likeness (QED) is 0.886. The SMILES string of the molecule is CCC=C(N)c1ccc(NC2CCCN(C)CC2)nc1. The molecule has 1 aliphatic rings. The molecule has 0 aliphatic carbocycles. The van der Waals surface area contributed by atoms with Gasteiger partial charge in [-0.3, -0.25) is 0 Å². The number of nitrogens with one attached hydrogen (secondary N) is 1. The second kappa shape index (κ2) is 7.29. The van der Waals surface area contributed by atoms with Crippen LogP contribution in [0.1, 0.15) is 38.2 Å². The van der Waals surface area contributed by atoms with Crippen molar-refractivity contribution < 1.29 is 0 Å². The predicted molar refractivity (Wildman–Crippen MR) is 85.5 cm³/mol. The molecule has 110 valence electrons. The second-order valence-corrected chi connectivity index (χ2v) is 5.58. The summed E-state index contributed by atoms with van der Waals surface area (Å²) in [5.41, 5.74) is 7.78. The van der Waals surface area contributed by atoms with Crippen LogP contribution < -0.4 is 11.1 Å². The Kier molecular flexibility index (Phi) is 5.41. The number of allylic oxidation sites excluding steroid dienone is 1. The number of hydrogen-bond donors (Lipinski definition) is 2. The van der Waals surface area contributed by atoms with E-state index in [1.807, 2.05) is 24.4 Å². The lowest BCUT2D eigenvalue weighted by Gasteiger charge is -2.17. The molecule has 1 aromatic rings. The molecule has 2 rings (SSSR count). The average Bonchev–Trinajstić information content (AvgIpc) is 2.65. The van der Waals surface area contributed by atoms with Crippen LogP contribution in [0.4, 0.5) is 5.82 Å². The molecular formula is C16H26N4. The van der Waals surface area contributed by atoms with Crippen molar-refractivity contribution in [2.75, 3.05) is 25.5 Å². The van der Waals surface area contributed by atoms with Gasteiger partial charge in [0.2, 0.25) is 0 Å². The maximum absolute atomic E-state index is 5.97. The van der Waals surface area contributed by atoms with Crippen LogP contribution in [-0.2, 0) is 0 Å². The van der Waals surface area contributed by atoms with Gasteiger partial charge in [-0.2, -0.15) is 0 Å². The standard InChI is InChI=1S/C16H26N4/c1-3-5-15(17)13-7-8-16(18-12-13)19-14-6-4-10-20(2)11-9-14/h5,7-8,12,14H,3-4,6,9-11,17H2,1-2H3,(H,18,19). The number of anilines is 1. The summed E-state index contributed by atoms with van der Waals surface area (Å²) in [4.78, 5) is 6.88. The minimum atomic E-state index is 0.529. The van der Waals surface area contributed by atoms with Gasteiger partial charge >= 0.3 is 0 Å². The first-order chi connectivity index (χ1) is 9.69. The Morgan fingerprint density at radius 1 is 1.45 bits per heavy atom. The highest BCUT2D eigenvalue weighted by Crippen LogP contribution is 2.16. The summed E-state index contributed by atoms with van der Waals surface area (Å²) in [6.45, 7) is 4.43. The fourth-order valence-electron chi connectivity index (χ4n) is 2.58. The molecular weight excluding hydrogens is 248 g/mol. The third-order valence-electron chi connectivity index (χ3n) is 3.82. The summed E-state index contributed by atoms with van der Waals surface area (Å²) < 4.78 is 0. The maximum Gasteiger partial charge on any atom is 0.126 e. The van der Waals surface area contributed by atoms with Crippen LogP contribution in [-0.4, -0.2) is 36.1 Å². The van der Waals surface area contributed by atoms with Gasteiger partial charge in [0, 0.05) is 23.5 Å². The summed E-state index contributed by atoms with van der Waals surface area (Å²) in [6, 6.07) is 4.60. The maximum atomic E-state index is 5.97. The molecule has 0 spiro atoms. The molecule has 4 heteroatoms. The molecule has 1 aliphatic heterocycles. The van der Waals surface area contributed by atoms with E-state index >= 15 is 0 Å². The zero-order valence-electron chi connectivity index (χ0n) is 12.6. The number of rotatable bonds is 4. The molecule has 0 amide bonds. The Hall–Kier alpha value is -1.55. The molecule has 1 aromatic heterocycles. The van der Waals surface area contributed by atoms with Crippen LogP contribution in [0.25, 0.3) is 5.70 Å². The Morgan fingerprint density at radius 3 is 3.00 bits per heavy atom. The van der Waals surface area contributed by atoms with Gasteiger partial charge in [-0.1, -0.05) is 13.0 Å². The van der Waals surface area contributed by atoms with Crippen LogP contribution in [0.3, 0.4) is 0 Å². The van der Waals surface area contributed by atoms with Crippen LogP contribution >= 0.6 is 0 Å². The van der Waals surface area contributed by atoms with E-state index in [-0.39, 0.29) is 0 Å². The summed E-state index contributed by atoms with van der Waals surface area (Å²) in [5, 5.41) is 3.54. The monoisotopic (exact) mass is 274 g/mol. The third kappa shape index (κ3) is 4.23. The number of nitrogens with two attached hydrogens (primary N) is 1. The van der Waals surface area contributed by atoms with E-state index in [1.165, 1.54) is 25.8 Å². The molecule has 1 fully saturated rings. The van der Waals surface area contributed by atoms with E-state index in [0.717, 1.165) is 30.0 Å². The summed E-state index contributed by atoms with van der Waals surface area (Å²) >= 11 is 0. The summed E-state index contributed by atoms with van der Waals surface area (Å²) in [6.07, 6.45) is 8.46. The number of aromatic nitrogens is 1. The smallest absolute Gasteiger partial charge is 0.126 e. The van der Waals surface area contributed by atoms with Crippen molar-refractivity contribution in [3.05, 3.63) is 30.0 Å². The van der Waals surface area contributed by atoms with E-state index < -0.39 is 0 Å². The zero-order chi connectivity index (χ0) is 14.4. The van der Waals surface area contributed by atoms with Crippen LogP contribution in [0.2, 0.25) is 0 Å². The van der Waals surface area contributed by atoms with Crippen molar-refractivity contribution in [1.29, 1.82) is 0 Å². The van der Waals surface area contributed by atoms with Gasteiger partial charge in [-0.15, -0.1) is 0 Å². The summed E-state index contributed by atoms with van der Waals surface area (Å²) in [5.74, 6) is 0.951. The van der Waals surface area contributed by atoms with Crippen LogP contribution in [0.5, 0.6) is 0 Å². The van der Waals surface area contributed by atoms with Crippen molar-refractivity contribution in [2.45, 2.75) is 38.6 Å². The van der Waals surface area contributed by atoms with E-state index in [1.54, 1.807) is 0 Å². The van der Waals surface area contributed by atoms with Crippen LogP contribution in [0.15, 0.2) is 24.4 Å². The molecule has 0 radical (unpaired) electrons. The van der Waals surface area contributed by atoms with Gasteiger partial charge in [0.05, 0.1) is 0 Å². The first-order valence-electron chi connectivity index (χ1n) is 7.56. The lowest BCUT2D eigenvalue weighted by molar-refractivity contribution is 0.348.